The van der Waals surface area contributed by atoms with Crippen LogP contribution in [0.15, 0.2) is 30.5 Å². The van der Waals surface area contributed by atoms with E-state index in [1.165, 1.54) is 18.5 Å². The van der Waals surface area contributed by atoms with Gasteiger partial charge in [-0.1, -0.05) is 0 Å². The van der Waals surface area contributed by atoms with Crippen molar-refractivity contribution in [1.82, 2.24) is 20.2 Å². The second kappa shape index (κ2) is 14.6. The van der Waals surface area contributed by atoms with Crippen LogP contribution in [-0.4, -0.2) is 67.3 Å². The van der Waals surface area contributed by atoms with E-state index in [1.54, 1.807) is 54.7 Å². The van der Waals surface area contributed by atoms with Gasteiger partial charge in [0.1, 0.15) is 30.1 Å². The van der Waals surface area contributed by atoms with Crippen molar-refractivity contribution in [2.75, 3.05) is 12.0 Å². The first-order valence-corrected chi connectivity index (χ1v) is 14.7. The fraction of sp³-hybridized carbons (Fsp3) is 0.500. The van der Waals surface area contributed by atoms with Gasteiger partial charge in [-0.2, -0.15) is 5.26 Å². The van der Waals surface area contributed by atoms with Crippen molar-refractivity contribution in [3.8, 4) is 6.07 Å². The fourth-order valence-corrected chi connectivity index (χ4v) is 4.93. The molecule has 14 heteroatoms. The van der Waals surface area contributed by atoms with Crippen molar-refractivity contribution in [3.63, 3.8) is 0 Å². The fourth-order valence-electron chi connectivity index (χ4n) is 4.93. The first-order valence-electron chi connectivity index (χ1n) is 14.7. The molecule has 0 spiro atoms. The molecule has 2 aromatic heterocycles. The normalized spacial score (nSPS) is 16.7. The van der Waals surface area contributed by atoms with Crippen LogP contribution >= 0.6 is 0 Å². The molecule has 4 N–H and O–H groups in total. The van der Waals surface area contributed by atoms with Crippen LogP contribution < -0.4 is 10.6 Å². The number of aliphatic hydroxyl groups is 1. The molecule has 0 saturated heterocycles. The maximum Gasteiger partial charge on any atom is 0.413 e. The predicted octanol–water partition coefficient (Wildman–Crippen LogP) is 5.60. The van der Waals surface area contributed by atoms with Crippen molar-refractivity contribution in [3.05, 3.63) is 58.3 Å². The Morgan fingerprint density at radius 1 is 1.11 bits per heavy atom. The molecule has 2 heterocycles. The van der Waals surface area contributed by atoms with Gasteiger partial charge in [-0.25, -0.2) is 23.8 Å². The van der Waals surface area contributed by atoms with Gasteiger partial charge >= 0.3 is 18.3 Å². The minimum atomic E-state index is -1.28. The van der Waals surface area contributed by atoms with Crippen LogP contribution in [0.5, 0.6) is 0 Å². The number of carboxylic acid groups (broad SMARTS) is 1. The number of aliphatic hydroxyl groups excluding tert-OH is 1. The average molecular weight is 641 g/mol. The van der Waals surface area contributed by atoms with Crippen molar-refractivity contribution < 1.29 is 38.5 Å². The van der Waals surface area contributed by atoms with Gasteiger partial charge in [0.05, 0.1) is 17.7 Å². The highest BCUT2D eigenvalue weighted by atomic mass is 19.1. The molecule has 3 rings (SSSR count). The zero-order valence-electron chi connectivity index (χ0n) is 27.1. The Hall–Kier alpha value is -4.77. The molecule has 248 valence electrons. The van der Waals surface area contributed by atoms with E-state index in [4.69, 9.17) is 14.7 Å². The standard InChI is InChI=1S/C32H41FN6O7/c1-18-8-26(37-28(41)45-23-9-20(10-23)13-34)36-16-24(18)27(38-29(42)46-31(3,4)5)25(33)11-21-14-35-15-22(19(21)2)12-32(6,7)39(17-40)30(43)44/h8,14-16,20,23,40H,9-12,17H2,1-7H3,(H,38,42)(H,43,44)(H,36,37,41)/b27-25-. The van der Waals surface area contributed by atoms with Gasteiger partial charge in [-0.05, 0) is 83.2 Å². The van der Waals surface area contributed by atoms with Gasteiger partial charge in [0.25, 0.3) is 0 Å². The third-order valence-corrected chi connectivity index (χ3v) is 7.55. The van der Waals surface area contributed by atoms with E-state index in [1.807, 2.05) is 0 Å². The number of halogens is 1. The lowest BCUT2D eigenvalue weighted by atomic mass is 9.84. The molecule has 46 heavy (non-hydrogen) atoms. The van der Waals surface area contributed by atoms with Gasteiger partial charge in [0.15, 0.2) is 0 Å². The number of hydrogen-bond donors (Lipinski definition) is 4. The highest BCUT2D eigenvalue weighted by molar-refractivity contribution is 5.86. The molecule has 0 unspecified atom stereocenters. The molecule has 1 saturated carbocycles. The summed E-state index contributed by atoms with van der Waals surface area (Å²) in [5, 5.41) is 33.0. The Morgan fingerprint density at radius 2 is 1.76 bits per heavy atom. The van der Waals surface area contributed by atoms with E-state index in [2.05, 4.69) is 26.7 Å². The molecule has 1 fully saturated rings. The summed E-state index contributed by atoms with van der Waals surface area (Å²) in [6.45, 7) is 11.1. The minimum Gasteiger partial charge on any atom is -0.465 e. The van der Waals surface area contributed by atoms with Crippen molar-refractivity contribution in [2.45, 2.75) is 91.4 Å². The van der Waals surface area contributed by atoms with E-state index in [-0.39, 0.29) is 41.9 Å². The lowest BCUT2D eigenvalue weighted by molar-refractivity contribution is 0.0300. The van der Waals surface area contributed by atoms with E-state index in [9.17, 15) is 24.6 Å². The van der Waals surface area contributed by atoms with Crippen LogP contribution in [-0.2, 0) is 22.3 Å². The Balaban J connectivity index is 1.91. The summed E-state index contributed by atoms with van der Waals surface area (Å²) in [5.41, 5.74) is 0.477. The molecule has 0 aromatic carbocycles. The largest absolute Gasteiger partial charge is 0.465 e. The SMILES string of the molecule is Cc1cc(NC(=O)OC2CC(C#N)C2)ncc1/C(NC(=O)OC(C)(C)C)=C(/F)Cc1cncc(CC(C)(C)N(CO)C(=O)O)c1C. The van der Waals surface area contributed by atoms with Gasteiger partial charge in [0, 0.05) is 49.0 Å². The quantitative estimate of drug-likeness (QED) is 0.238. The highest BCUT2D eigenvalue weighted by Crippen LogP contribution is 2.31. The molecule has 13 nitrogen and oxygen atoms in total. The van der Waals surface area contributed by atoms with Gasteiger partial charge in [-0.15, -0.1) is 0 Å². The van der Waals surface area contributed by atoms with E-state index in [0.717, 1.165) is 4.90 Å². The number of alkyl carbamates (subject to hydrolysis) is 1. The van der Waals surface area contributed by atoms with Gasteiger partial charge in [0.2, 0.25) is 0 Å². The number of carbonyl (C=O) groups is 3. The van der Waals surface area contributed by atoms with Crippen LogP contribution in [0, 0.1) is 31.1 Å². The zero-order valence-corrected chi connectivity index (χ0v) is 27.1. The Labute approximate surface area is 267 Å². The number of hydrogen-bond acceptors (Lipinski definition) is 9. The number of allylic oxidation sites excluding steroid dienone is 1. The van der Waals surface area contributed by atoms with E-state index < -0.39 is 42.0 Å². The van der Waals surface area contributed by atoms with Crippen molar-refractivity contribution >= 4 is 29.8 Å². The molecule has 0 bridgehead atoms. The number of nitrogens with one attached hydrogen (secondary N) is 2. The number of nitrogens with zero attached hydrogens (tertiary/aromatic N) is 4. The molecule has 1 aliphatic carbocycles. The molecule has 1 aliphatic rings. The number of amides is 3. The summed E-state index contributed by atoms with van der Waals surface area (Å²) in [7, 11) is 0. The van der Waals surface area contributed by atoms with Crippen LogP contribution in [0.2, 0.25) is 0 Å². The molecule has 0 aliphatic heterocycles. The van der Waals surface area contributed by atoms with Gasteiger partial charge < -0.3 is 19.7 Å². The second-order valence-electron chi connectivity index (χ2n) is 12.8. The zero-order chi connectivity index (χ0) is 34.4. The van der Waals surface area contributed by atoms with Crippen LogP contribution in [0.3, 0.4) is 0 Å². The van der Waals surface area contributed by atoms with Crippen LogP contribution in [0.25, 0.3) is 5.70 Å². The lowest BCUT2D eigenvalue weighted by Crippen LogP contribution is -2.49. The maximum absolute atomic E-state index is 16.2. The van der Waals surface area contributed by atoms with Crippen molar-refractivity contribution in [1.29, 1.82) is 5.26 Å². The summed E-state index contributed by atoms with van der Waals surface area (Å²) in [5.74, 6) is -0.706. The molecular formula is C32H41FN6O7. The molecular weight excluding hydrogens is 599 g/mol. The second-order valence-corrected chi connectivity index (χ2v) is 12.8. The maximum atomic E-state index is 16.2. The summed E-state index contributed by atoms with van der Waals surface area (Å²) in [6, 6.07) is 3.63. The van der Waals surface area contributed by atoms with E-state index >= 15 is 4.39 Å². The number of anilines is 1. The minimum absolute atomic E-state index is 0.127. The lowest BCUT2D eigenvalue weighted by Gasteiger charge is -2.35. The Kier molecular flexibility index (Phi) is 11.3. The van der Waals surface area contributed by atoms with Crippen LogP contribution in [0.1, 0.15) is 75.3 Å². The number of aromatic nitrogens is 2. The number of nitriles is 1. The number of aryl methyl sites for hydroxylation is 1. The smallest absolute Gasteiger partial charge is 0.413 e. The number of ether oxygens (including phenoxy) is 2. The number of pyridine rings is 2. The number of carbonyl (C=O) groups excluding carboxylic acids is 2. The Bertz CT molecular complexity index is 1540. The number of rotatable bonds is 10. The van der Waals surface area contributed by atoms with Crippen LogP contribution in [0.4, 0.5) is 24.6 Å². The third kappa shape index (κ3) is 9.37. The molecule has 2 aromatic rings. The monoisotopic (exact) mass is 640 g/mol. The third-order valence-electron chi connectivity index (χ3n) is 7.55. The predicted molar refractivity (Wildman–Crippen MR) is 166 cm³/mol. The first-order chi connectivity index (χ1) is 21.4. The first kappa shape index (κ1) is 35.7. The Morgan fingerprint density at radius 3 is 2.33 bits per heavy atom. The summed E-state index contributed by atoms with van der Waals surface area (Å²) < 4.78 is 26.9. The van der Waals surface area contributed by atoms with Crippen molar-refractivity contribution in [2.24, 2.45) is 5.92 Å². The summed E-state index contributed by atoms with van der Waals surface area (Å²) in [6.07, 6.45) is 1.98. The molecule has 3 amide bonds. The topological polar surface area (TPSA) is 187 Å². The summed E-state index contributed by atoms with van der Waals surface area (Å²) in [4.78, 5) is 46.1. The van der Waals surface area contributed by atoms with E-state index in [0.29, 0.717) is 35.1 Å². The molecule has 0 radical (unpaired) electrons. The van der Waals surface area contributed by atoms with Gasteiger partial charge in [-0.3, -0.25) is 20.5 Å². The highest BCUT2D eigenvalue weighted by Gasteiger charge is 2.33. The summed E-state index contributed by atoms with van der Waals surface area (Å²) >= 11 is 0. The molecule has 0 atom stereocenters. The average Bonchev–Trinajstić information content (AvgIpc) is 2.90.